The Labute approximate surface area is 158 Å². The van der Waals surface area contributed by atoms with Crippen LogP contribution in [0.5, 0.6) is 0 Å². The number of rotatable bonds is 7. The van der Waals surface area contributed by atoms with Crippen LogP contribution in [0.1, 0.15) is 62.3 Å². The van der Waals surface area contributed by atoms with Gasteiger partial charge in [0, 0.05) is 5.57 Å². The zero-order valence-electron chi connectivity index (χ0n) is 18.2. The van der Waals surface area contributed by atoms with E-state index in [1.54, 1.807) is 36.5 Å². The van der Waals surface area contributed by atoms with Crippen molar-refractivity contribution in [2.45, 2.75) is 62.3 Å². The van der Waals surface area contributed by atoms with E-state index in [9.17, 15) is 4.79 Å². The molecule has 0 heterocycles. The molecule has 144 valence electrons. The molecule has 0 aliphatic rings. The van der Waals surface area contributed by atoms with Gasteiger partial charge in [0.1, 0.15) is 0 Å². The van der Waals surface area contributed by atoms with Gasteiger partial charge < -0.3 is 0 Å². The second-order valence-electron chi connectivity index (χ2n) is 3.21. The third-order valence-corrected chi connectivity index (χ3v) is 1.89. The lowest BCUT2D eigenvalue weighted by molar-refractivity contribution is -0.111. The summed E-state index contributed by atoms with van der Waals surface area (Å²) >= 11 is 0. The molecule has 0 aliphatic carbocycles. The van der Waals surface area contributed by atoms with Gasteiger partial charge in [-0.15, -0.1) is 0 Å². The Hall–Kier alpha value is -2.15. The molecule has 1 heteroatoms. The monoisotopic (exact) mass is 346 g/mol. The van der Waals surface area contributed by atoms with Crippen LogP contribution in [0.2, 0.25) is 0 Å². The fourth-order valence-electron chi connectivity index (χ4n) is 0.972. The van der Waals surface area contributed by atoms with Gasteiger partial charge in [0.2, 0.25) is 0 Å². The molecule has 0 saturated heterocycles. The standard InChI is InChI=1S/C16H18O.4C2H6/c1-5-8-9-11-14(4)16(17)13-12-15(7-3)10-6-2;4*1-2/h5-13H,2-4H2,1H3;4*1-2H3/b8-5-,11-9-,13-12+,15-10+;;;;. The first kappa shape index (κ1) is 34.2. The van der Waals surface area contributed by atoms with Gasteiger partial charge in [-0.25, -0.2) is 0 Å². The summed E-state index contributed by atoms with van der Waals surface area (Å²) in [6.45, 7) is 28.8. The second kappa shape index (κ2) is 37.8. The highest BCUT2D eigenvalue weighted by Gasteiger charge is 1.97. The number of hydrogen-bond acceptors (Lipinski definition) is 1. The van der Waals surface area contributed by atoms with E-state index in [4.69, 9.17) is 0 Å². The molecular formula is C24H42O. The van der Waals surface area contributed by atoms with Crippen LogP contribution in [0, 0.1) is 0 Å². The van der Waals surface area contributed by atoms with Gasteiger partial charge in [-0.2, -0.15) is 0 Å². The van der Waals surface area contributed by atoms with Crippen molar-refractivity contribution in [2.75, 3.05) is 0 Å². The Morgan fingerprint density at radius 1 is 0.760 bits per heavy atom. The number of carbonyl (C=O) groups is 1. The lowest BCUT2D eigenvalue weighted by Crippen LogP contribution is -1.93. The molecule has 0 saturated carbocycles. The third-order valence-electron chi connectivity index (χ3n) is 1.89. The van der Waals surface area contributed by atoms with Gasteiger partial charge in [-0.3, -0.25) is 4.79 Å². The summed E-state index contributed by atoms with van der Waals surface area (Å²) in [6, 6.07) is 0. The fraction of sp³-hybridized carbons (Fsp3) is 0.375. The van der Waals surface area contributed by atoms with E-state index >= 15 is 0 Å². The summed E-state index contributed by atoms with van der Waals surface area (Å²) in [4.78, 5) is 11.6. The first-order valence-corrected chi connectivity index (χ1v) is 9.31. The summed E-state index contributed by atoms with van der Waals surface area (Å²) in [5.74, 6) is -0.123. The van der Waals surface area contributed by atoms with Crippen LogP contribution in [-0.2, 0) is 4.79 Å². The average Bonchev–Trinajstić information content (AvgIpc) is 2.71. The van der Waals surface area contributed by atoms with E-state index in [1.807, 2.05) is 74.5 Å². The molecule has 0 aromatic carbocycles. The molecule has 0 fully saturated rings. The number of allylic oxidation sites excluding steroid dienone is 11. The van der Waals surface area contributed by atoms with Gasteiger partial charge in [0.15, 0.2) is 5.78 Å². The summed E-state index contributed by atoms with van der Waals surface area (Å²) < 4.78 is 0. The van der Waals surface area contributed by atoms with Crippen molar-refractivity contribution in [2.24, 2.45) is 0 Å². The van der Waals surface area contributed by atoms with Gasteiger partial charge in [-0.1, -0.05) is 124 Å². The average molecular weight is 347 g/mol. The van der Waals surface area contributed by atoms with E-state index < -0.39 is 0 Å². The fourth-order valence-corrected chi connectivity index (χ4v) is 0.972. The Kier molecular flexibility index (Phi) is 51.8. The number of ketones is 1. The number of carbonyl (C=O) groups excluding carboxylic acids is 1. The maximum Gasteiger partial charge on any atom is 0.185 e. The second-order valence-corrected chi connectivity index (χ2v) is 3.21. The Bertz CT molecular complexity index is 415. The van der Waals surface area contributed by atoms with Crippen molar-refractivity contribution in [3.8, 4) is 0 Å². The molecular weight excluding hydrogens is 304 g/mol. The van der Waals surface area contributed by atoms with Gasteiger partial charge in [0.25, 0.3) is 0 Å². The van der Waals surface area contributed by atoms with Crippen molar-refractivity contribution in [3.05, 3.63) is 85.6 Å². The third kappa shape index (κ3) is 30.3. The Morgan fingerprint density at radius 2 is 1.24 bits per heavy atom. The lowest BCUT2D eigenvalue weighted by Gasteiger charge is -1.93. The molecule has 0 radical (unpaired) electrons. The molecule has 0 spiro atoms. The summed E-state index contributed by atoms with van der Waals surface area (Å²) in [6.07, 6.45) is 15.4. The first-order valence-electron chi connectivity index (χ1n) is 9.31. The smallest absolute Gasteiger partial charge is 0.185 e. The summed E-state index contributed by atoms with van der Waals surface area (Å²) in [7, 11) is 0. The molecule has 0 aromatic rings. The largest absolute Gasteiger partial charge is 0.289 e. The maximum absolute atomic E-state index is 11.6. The quantitative estimate of drug-likeness (QED) is 0.335. The van der Waals surface area contributed by atoms with Crippen molar-refractivity contribution >= 4 is 5.78 Å². The highest BCUT2D eigenvalue weighted by atomic mass is 16.1. The Morgan fingerprint density at radius 3 is 1.60 bits per heavy atom. The minimum atomic E-state index is -0.123. The van der Waals surface area contributed by atoms with Crippen molar-refractivity contribution < 1.29 is 4.79 Å². The molecule has 1 nitrogen and oxygen atoms in total. The summed E-state index contributed by atoms with van der Waals surface area (Å²) in [5.41, 5.74) is 1.28. The van der Waals surface area contributed by atoms with Crippen LogP contribution < -0.4 is 0 Å². The minimum absolute atomic E-state index is 0.123. The summed E-state index contributed by atoms with van der Waals surface area (Å²) in [5, 5.41) is 0. The predicted octanol–water partition coefficient (Wildman–Crippen LogP) is 8.20. The molecule has 0 aliphatic heterocycles. The molecule has 0 atom stereocenters. The van der Waals surface area contributed by atoms with Crippen molar-refractivity contribution in [3.63, 3.8) is 0 Å². The molecule has 0 aromatic heterocycles. The highest BCUT2D eigenvalue weighted by molar-refractivity contribution is 6.05. The first-order chi connectivity index (χ1) is 12.2. The molecule has 0 N–H and O–H groups in total. The zero-order valence-corrected chi connectivity index (χ0v) is 18.2. The van der Waals surface area contributed by atoms with Crippen LogP contribution in [0.25, 0.3) is 0 Å². The van der Waals surface area contributed by atoms with Gasteiger partial charge >= 0.3 is 0 Å². The van der Waals surface area contributed by atoms with Crippen LogP contribution in [-0.4, -0.2) is 5.78 Å². The van der Waals surface area contributed by atoms with E-state index in [1.165, 1.54) is 6.08 Å². The van der Waals surface area contributed by atoms with Crippen molar-refractivity contribution in [1.82, 2.24) is 0 Å². The van der Waals surface area contributed by atoms with E-state index in [-0.39, 0.29) is 5.78 Å². The topological polar surface area (TPSA) is 17.1 Å². The van der Waals surface area contributed by atoms with E-state index in [0.717, 1.165) is 5.57 Å². The molecule has 0 rings (SSSR count). The molecule has 0 unspecified atom stereocenters. The molecule has 0 amide bonds. The van der Waals surface area contributed by atoms with Crippen molar-refractivity contribution in [1.29, 1.82) is 0 Å². The Balaban J connectivity index is -0.000000145. The maximum atomic E-state index is 11.6. The van der Waals surface area contributed by atoms with Gasteiger partial charge in [0.05, 0.1) is 0 Å². The normalized spacial score (nSPS) is 9.40. The highest BCUT2D eigenvalue weighted by Crippen LogP contribution is 2.02. The number of hydrogen-bond donors (Lipinski definition) is 0. The van der Waals surface area contributed by atoms with Crippen LogP contribution in [0.3, 0.4) is 0 Å². The predicted molar refractivity (Wildman–Crippen MR) is 121 cm³/mol. The SMILES string of the molecule is C=C/C=C(C=C)/C=C/C(=O)C(=C)/C=C\C=C/C.CC.CC.CC.CC. The minimum Gasteiger partial charge on any atom is -0.289 e. The van der Waals surface area contributed by atoms with E-state index in [2.05, 4.69) is 19.7 Å². The van der Waals surface area contributed by atoms with Crippen LogP contribution >= 0.6 is 0 Å². The zero-order chi connectivity index (χ0) is 21.1. The van der Waals surface area contributed by atoms with Crippen LogP contribution in [0.4, 0.5) is 0 Å². The lowest BCUT2D eigenvalue weighted by atomic mass is 10.1. The molecule has 25 heavy (non-hydrogen) atoms. The van der Waals surface area contributed by atoms with E-state index in [0.29, 0.717) is 5.57 Å². The molecule has 0 bridgehead atoms. The van der Waals surface area contributed by atoms with Crippen LogP contribution in [0.15, 0.2) is 85.6 Å². The van der Waals surface area contributed by atoms with Gasteiger partial charge in [-0.05, 0) is 18.6 Å².